The lowest BCUT2D eigenvalue weighted by molar-refractivity contribution is 0.0684. The predicted octanol–water partition coefficient (Wildman–Crippen LogP) is 1.31. The Hall–Kier alpha value is -1.62. The molecule has 2 N–H and O–H groups in total. The van der Waals surface area contributed by atoms with E-state index < -0.39 is 5.97 Å². The van der Waals surface area contributed by atoms with Gasteiger partial charge in [0, 0.05) is 6.20 Å². The van der Waals surface area contributed by atoms with Crippen molar-refractivity contribution < 1.29 is 9.90 Å². The molecule has 5 nitrogen and oxygen atoms in total. The molecule has 0 fully saturated rings. The molecule has 2 aromatic rings. The Kier molecular flexibility index (Phi) is 1.66. The average molecular weight is 198 g/mol. The number of fused-ring (bicyclic) bond motifs is 1. The number of hydrogen-bond acceptors (Lipinski definition) is 3. The zero-order chi connectivity index (χ0) is 9.42. The molecule has 2 rings (SSSR count). The fraction of sp³-hybridized carbons (Fsp3) is 0. The van der Waals surface area contributed by atoms with Crippen LogP contribution in [-0.2, 0) is 0 Å². The first-order chi connectivity index (χ1) is 6.18. The highest BCUT2D eigenvalue weighted by atomic mass is 35.5. The van der Waals surface area contributed by atoms with E-state index in [4.69, 9.17) is 16.7 Å². The summed E-state index contributed by atoms with van der Waals surface area (Å²) in [6.07, 6.45) is 1.62. The molecule has 0 unspecified atom stereocenters. The van der Waals surface area contributed by atoms with Crippen LogP contribution >= 0.6 is 11.6 Å². The van der Waals surface area contributed by atoms with Crippen molar-refractivity contribution in [1.29, 1.82) is 0 Å². The summed E-state index contributed by atoms with van der Waals surface area (Å²) in [7, 11) is 0. The van der Waals surface area contributed by atoms with Gasteiger partial charge in [0.05, 0.1) is 5.39 Å². The minimum absolute atomic E-state index is 0.142. The minimum Gasteiger partial charge on any atom is -0.475 e. The van der Waals surface area contributed by atoms with E-state index in [1.165, 1.54) is 0 Å². The van der Waals surface area contributed by atoms with Gasteiger partial charge in [-0.15, -0.1) is 0 Å². The summed E-state index contributed by atoms with van der Waals surface area (Å²) in [5, 5.41) is 9.37. The van der Waals surface area contributed by atoms with Gasteiger partial charge in [-0.3, -0.25) is 0 Å². The van der Waals surface area contributed by atoms with Crippen molar-refractivity contribution >= 4 is 28.6 Å². The third kappa shape index (κ3) is 1.23. The standard InChI is InChI=1S/C7H4ClN3O2/c8-4-3-1-2-9-5(3)11-6(10-4)7(12)13/h1-2H,(H,12,13)(H,9,10,11). The number of aromatic carboxylic acids is 1. The minimum atomic E-state index is -1.20. The molecule has 0 radical (unpaired) electrons. The molecule has 2 aromatic heterocycles. The van der Waals surface area contributed by atoms with Crippen LogP contribution < -0.4 is 0 Å². The zero-order valence-electron chi connectivity index (χ0n) is 6.28. The van der Waals surface area contributed by atoms with Crippen LogP contribution in [0.2, 0.25) is 5.15 Å². The normalized spacial score (nSPS) is 10.5. The summed E-state index contributed by atoms with van der Waals surface area (Å²) in [4.78, 5) is 20.6. The first-order valence-corrected chi connectivity index (χ1v) is 3.80. The SMILES string of the molecule is O=C(O)c1nc(Cl)c2cc[nH]c2n1. The van der Waals surface area contributed by atoms with Gasteiger partial charge in [0.25, 0.3) is 0 Å². The van der Waals surface area contributed by atoms with Crippen molar-refractivity contribution in [2.45, 2.75) is 0 Å². The molecule has 66 valence electrons. The maximum absolute atomic E-state index is 10.5. The molecule has 0 amide bonds. The molecule has 0 spiro atoms. The fourth-order valence-corrected chi connectivity index (χ4v) is 1.23. The second kappa shape index (κ2) is 2.70. The maximum Gasteiger partial charge on any atom is 0.374 e. The van der Waals surface area contributed by atoms with E-state index in [0.717, 1.165) is 0 Å². The number of nitrogens with one attached hydrogen (secondary N) is 1. The Bertz CT molecular complexity index is 480. The highest BCUT2D eigenvalue weighted by molar-refractivity contribution is 6.34. The molecule has 6 heteroatoms. The molecule has 0 bridgehead atoms. The number of aromatic nitrogens is 3. The molecule has 0 saturated heterocycles. The Morgan fingerprint density at radius 2 is 2.31 bits per heavy atom. The van der Waals surface area contributed by atoms with Gasteiger partial charge in [-0.1, -0.05) is 11.6 Å². The molecular weight excluding hydrogens is 194 g/mol. The number of rotatable bonds is 1. The van der Waals surface area contributed by atoms with E-state index in [1.807, 2.05) is 0 Å². The van der Waals surface area contributed by atoms with Crippen molar-refractivity contribution in [2.24, 2.45) is 0 Å². The lowest BCUT2D eigenvalue weighted by Crippen LogP contribution is -2.04. The first-order valence-electron chi connectivity index (χ1n) is 3.42. The van der Waals surface area contributed by atoms with E-state index in [9.17, 15) is 4.79 Å². The smallest absolute Gasteiger partial charge is 0.374 e. The van der Waals surface area contributed by atoms with Crippen LogP contribution in [0.1, 0.15) is 10.6 Å². The monoisotopic (exact) mass is 197 g/mol. The Balaban J connectivity index is 2.77. The number of nitrogens with zero attached hydrogens (tertiary/aromatic N) is 2. The number of aromatic amines is 1. The molecule has 0 aliphatic carbocycles. The lowest BCUT2D eigenvalue weighted by atomic mass is 10.4. The molecule has 0 saturated carbocycles. The quantitative estimate of drug-likeness (QED) is 0.676. The number of hydrogen-bond donors (Lipinski definition) is 2. The summed E-state index contributed by atoms with van der Waals surface area (Å²) < 4.78 is 0. The molecule has 0 aliphatic heterocycles. The molecule has 2 heterocycles. The summed E-state index contributed by atoms with van der Waals surface area (Å²) in [6, 6.07) is 1.68. The van der Waals surface area contributed by atoms with Gasteiger partial charge in [-0.25, -0.2) is 14.8 Å². The van der Waals surface area contributed by atoms with Gasteiger partial charge in [-0.05, 0) is 6.07 Å². The van der Waals surface area contributed by atoms with E-state index in [2.05, 4.69) is 15.0 Å². The topological polar surface area (TPSA) is 78.9 Å². The fourth-order valence-electron chi connectivity index (χ4n) is 0.999. The van der Waals surface area contributed by atoms with Crippen LogP contribution in [0, 0.1) is 0 Å². The second-order valence-corrected chi connectivity index (χ2v) is 2.74. The van der Waals surface area contributed by atoms with Crippen molar-refractivity contribution in [3.05, 3.63) is 23.2 Å². The van der Waals surface area contributed by atoms with Crippen LogP contribution in [-0.4, -0.2) is 26.0 Å². The average Bonchev–Trinajstić information content (AvgIpc) is 2.51. The first kappa shape index (κ1) is 8.00. The van der Waals surface area contributed by atoms with E-state index in [-0.39, 0.29) is 11.0 Å². The van der Waals surface area contributed by atoms with Crippen molar-refractivity contribution in [1.82, 2.24) is 15.0 Å². The van der Waals surface area contributed by atoms with E-state index in [0.29, 0.717) is 11.0 Å². The maximum atomic E-state index is 10.5. The van der Waals surface area contributed by atoms with Gasteiger partial charge in [0.2, 0.25) is 5.82 Å². The van der Waals surface area contributed by atoms with Crippen molar-refractivity contribution in [3.8, 4) is 0 Å². The van der Waals surface area contributed by atoms with Gasteiger partial charge in [0.1, 0.15) is 10.8 Å². The van der Waals surface area contributed by atoms with Gasteiger partial charge < -0.3 is 10.1 Å². The Labute approximate surface area is 77.4 Å². The van der Waals surface area contributed by atoms with Crippen molar-refractivity contribution in [2.75, 3.05) is 0 Å². The molecule has 0 atom stereocenters. The third-order valence-corrected chi connectivity index (χ3v) is 1.85. The highest BCUT2D eigenvalue weighted by Gasteiger charge is 2.11. The summed E-state index contributed by atoms with van der Waals surface area (Å²) in [5.74, 6) is -1.50. The molecule has 0 aliphatic rings. The van der Waals surface area contributed by atoms with Crippen LogP contribution in [0.3, 0.4) is 0 Å². The van der Waals surface area contributed by atoms with Crippen LogP contribution in [0.4, 0.5) is 0 Å². The lowest BCUT2D eigenvalue weighted by Gasteiger charge is -1.95. The van der Waals surface area contributed by atoms with Gasteiger partial charge in [-0.2, -0.15) is 0 Å². The van der Waals surface area contributed by atoms with E-state index in [1.54, 1.807) is 12.3 Å². The van der Waals surface area contributed by atoms with Crippen LogP contribution in [0.5, 0.6) is 0 Å². The van der Waals surface area contributed by atoms with Crippen LogP contribution in [0.15, 0.2) is 12.3 Å². The molecule has 0 aromatic carbocycles. The molecular formula is C7H4ClN3O2. The number of carbonyl (C=O) groups is 1. The largest absolute Gasteiger partial charge is 0.475 e. The zero-order valence-corrected chi connectivity index (χ0v) is 7.04. The number of halogens is 1. The van der Waals surface area contributed by atoms with Gasteiger partial charge in [0.15, 0.2) is 0 Å². The molecule has 13 heavy (non-hydrogen) atoms. The predicted molar refractivity (Wildman–Crippen MR) is 45.9 cm³/mol. The van der Waals surface area contributed by atoms with E-state index >= 15 is 0 Å². The second-order valence-electron chi connectivity index (χ2n) is 2.38. The summed E-state index contributed by atoms with van der Waals surface area (Å²) in [5.41, 5.74) is 0.428. The number of H-pyrrole nitrogens is 1. The Morgan fingerprint density at radius 3 is 3.00 bits per heavy atom. The number of carboxylic acids is 1. The third-order valence-electron chi connectivity index (χ3n) is 1.56. The van der Waals surface area contributed by atoms with Gasteiger partial charge >= 0.3 is 5.97 Å². The Morgan fingerprint density at radius 1 is 1.54 bits per heavy atom. The number of carboxylic acid groups (broad SMARTS) is 1. The highest BCUT2D eigenvalue weighted by Crippen LogP contribution is 2.18. The van der Waals surface area contributed by atoms with Crippen LogP contribution in [0.25, 0.3) is 11.0 Å². The summed E-state index contributed by atoms with van der Waals surface area (Å²) in [6.45, 7) is 0. The van der Waals surface area contributed by atoms with Crippen molar-refractivity contribution in [3.63, 3.8) is 0 Å². The summed E-state index contributed by atoms with van der Waals surface area (Å²) >= 11 is 5.71.